The lowest BCUT2D eigenvalue weighted by Gasteiger charge is -2.11. The van der Waals surface area contributed by atoms with E-state index in [0.29, 0.717) is 16.5 Å². The molecule has 0 atom stereocenters. The molecule has 0 spiro atoms. The molecule has 0 aliphatic rings. The van der Waals surface area contributed by atoms with E-state index >= 15 is 0 Å². The number of nitro benzene ring substituents is 1. The molecule has 35 heavy (non-hydrogen) atoms. The quantitative estimate of drug-likeness (QED) is 0.167. The first-order chi connectivity index (χ1) is 16.9. The summed E-state index contributed by atoms with van der Waals surface area (Å²) < 4.78 is 1.93. The highest BCUT2D eigenvalue weighted by atomic mass is 32.2. The molecular weight excluding hydrogens is 464 g/mol. The van der Waals surface area contributed by atoms with Crippen molar-refractivity contribution in [2.24, 2.45) is 5.10 Å². The summed E-state index contributed by atoms with van der Waals surface area (Å²) in [6.07, 6.45) is 1.43. The van der Waals surface area contributed by atoms with Crippen molar-refractivity contribution in [2.45, 2.75) is 19.0 Å². The Balaban J connectivity index is 1.47. The molecule has 1 N–H and O–H groups in total. The van der Waals surface area contributed by atoms with Gasteiger partial charge in [0.25, 0.3) is 11.6 Å². The fraction of sp³-hybridized carbons (Fsp3) is 0.120. The van der Waals surface area contributed by atoms with Crippen LogP contribution in [0.3, 0.4) is 0 Å². The molecule has 0 radical (unpaired) electrons. The Bertz CT molecular complexity index is 1360. The molecular formula is C25H22N6O3S. The molecule has 0 bridgehead atoms. The predicted octanol–water partition coefficient (Wildman–Crippen LogP) is 4.70. The van der Waals surface area contributed by atoms with E-state index < -0.39 is 4.92 Å². The Morgan fingerprint density at radius 1 is 1.00 bits per heavy atom. The van der Waals surface area contributed by atoms with Gasteiger partial charge in [-0.05, 0) is 43.7 Å². The average Bonchev–Trinajstić information content (AvgIpc) is 3.28. The Labute approximate surface area is 206 Å². The molecule has 0 saturated carbocycles. The highest BCUT2D eigenvalue weighted by Gasteiger charge is 2.17. The molecule has 1 aromatic heterocycles. The summed E-state index contributed by atoms with van der Waals surface area (Å²) in [5, 5.41) is 24.0. The first kappa shape index (κ1) is 23.8. The minimum absolute atomic E-state index is 0.00900. The number of hydrogen-bond acceptors (Lipinski definition) is 7. The van der Waals surface area contributed by atoms with E-state index in [4.69, 9.17) is 0 Å². The van der Waals surface area contributed by atoms with E-state index in [1.165, 1.54) is 30.1 Å². The number of nitrogens with zero attached hydrogens (tertiary/aromatic N) is 5. The summed E-state index contributed by atoms with van der Waals surface area (Å²) in [7, 11) is 0. The van der Waals surface area contributed by atoms with Gasteiger partial charge in [-0.2, -0.15) is 5.10 Å². The lowest BCUT2D eigenvalue weighted by Crippen LogP contribution is -2.20. The molecule has 0 aliphatic carbocycles. The normalized spacial score (nSPS) is 11.0. The second-order valence-electron chi connectivity index (χ2n) is 7.77. The van der Waals surface area contributed by atoms with Crippen molar-refractivity contribution in [3.8, 4) is 17.1 Å². The van der Waals surface area contributed by atoms with Gasteiger partial charge in [-0.1, -0.05) is 59.3 Å². The number of nitro groups is 1. The zero-order valence-corrected chi connectivity index (χ0v) is 19.9. The Morgan fingerprint density at radius 2 is 1.63 bits per heavy atom. The van der Waals surface area contributed by atoms with Crippen LogP contribution in [0.1, 0.15) is 16.7 Å². The third-order valence-electron chi connectivity index (χ3n) is 5.07. The summed E-state index contributed by atoms with van der Waals surface area (Å²) in [5.41, 5.74) is 7.20. The Kier molecular flexibility index (Phi) is 7.32. The monoisotopic (exact) mass is 486 g/mol. The van der Waals surface area contributed by atoms with Crippen molar-refractivity contribution < 1.29 is 9.72 Å². The number of benzene rings is 3. The lowest BCUT2D eigenvalue weighted by atomic mass is 10.1. The van der Waals surface area contributed by atoms with E-state index in [2.05, 4.69) is 20.7 Å². The lowest BCUT2D eigenvalue weighted by molar-refractivity contribution is -0.384. The first-order valence-corrected chi connectivity index (χ1v) is 11.7. The number of aromatic nitrogens is 3. The number of aryl methyl sites for hydroxylation is 2. The summed E-state index contributed by atoms with van der Waals surface area (Å²) in [6.45, 7) is 4.05. The third kappa shape index (κ3) is 5.98. The maximum absolute atomic E-state index is 12.4. The van der Waals surface area contributed by atoms with Crippen molar-refractivity contribution in [2.75, 3.05) is 5.75 Å². The second-order valence-corrected chi connectivity index (χ2v) is 8.72. The average molecular weight is 487 g/mol. The van der Waals surface area contributed by atoms with Crippen molar-refractivity contribution in [3.63, 3.8) is 0 Å². The van der Waals surface area contributed by atoms with Crippen molar-refractivity contribution in [1.82, 2.24) is 20.2 Å². The molecule has 10 heteroatoms. The van der Waals surface area contributed by atoms with Crippen LogP contribution in [-0.4, -0.2) is 37.6 Å². The summed E-state index contributed by atoms with van der Waals surface area (Å²) in [4.78, 5) is 22.6. The molecule has 3 aromatic carbocycles. The topological polar surface area (TPSA) is 115 Å². The standard InChI is InChI=1S/C25H22N6O3S/c1-17-3-9-20(10-4-17)24-28-29-25(30(24)21-11-5-18(2)6-12-21)35-16-23(32)27-26-15-19-7-13-22(14-8-19)31(33)34/h3-15H,16H2,1-2H3,(H,27,32)/b26-15-. The molecule has 0 aliphatic heterocycles. The summed E-state index contributed by atoms with van der Waals surface area (Å²) in [6, 6.07) is 21.9. The van der Waals surface area contributed by atoms with Crippen molar-refractivity contribution in [1.29, 1.82) is 0 Å². The SMILES string of the molecule is Cc1ccc(-c2nnc(SCC(=O)N/N=C\c3ccc([N+](=O)[O-])cc3)n2-c2ccc(C)cc2)cc1. The van der Waals surface area contributed by atoms with Crippen LogP contribution in [-0.2, 0) is 4.79 Å². The molecule has 1 amide bonds. The van der Waals surface area contributed by atoms with Crippen LogP contribution in [0.15, 0.2) is 83.1 Å². The minimum atomic E-state index is -0.473. The molecule has 9 nitrogen and oxygen atoms in total. The van der Waals surface area contributed by atoms with Crippen LogP contribution < -0.4 is 5.43 Å². The van der Waals surface area contributed by atoms with Crippen LogP contribution in [0.25, 0.3) is 17.1 Å². The number of hydrogen-bond donors (Lipinski definition) is 1. The van der Waals surface area contributed by atoms with E-state index in [1.54, 1.807) is 12.1 Å². The number of thioether (sulfide) groups is 1. The van der Waals surface area contributed by atoms with Gasteiger partial charge in [-0.3, -0.25) is 19.5 Å². The molecule has 4 aromatic rings. The maximum atomic E-state index is 12.4. The molecule has 0 saturated heterocycles. The van der Waals surface area contributed by atoms with Crippen molar-refractivity contribution in [3.05, 3.63) is 99.6 Å². The highest BCUT2D eigenvalue weighted by Crippen LogP contribution is 2.28. The molecule has 0 fully saturated rings. The van der Waals surface area contributed by atoms with Gasteiger partial charge in [0.1, 0.15) is 0 Å². The highest BCUT2D eigenvalue weighted by molar-refractivity contribution is 7.99. The van der Waals surface area contributed by atoms with Gasteiger partial charge in [0.2, 0.25) is 0 Å². The van der Waals surface area contributed by atoms with Crippen LogP contribution in [0, 0.1) is 24.0 Å². The van der Waals surface area contributed by atoms with E-state index in [0.717, 1.165) is 22.4 Å². The fourth-order valence-electron chi connectivity index (χ4n) is 3.20. The van der Waals surface area contributed by atoms with Gasteiger partial charge in [-0.25, -0.2) is 5.43 Å². The molecule has 4 rings (SSSR count). The molecule has 0 unspecified atom stereocenters. The number of nitrogens with one attached hydrogen (secondary N) is 1. The fourth-order valence-corrected chi connectivity index (χ4v) is 3.95. The summed E-state index contributed by atoms with van der Waals surface area (Å²) >= 11 is 1.25. The second kappa shape index (κ2) is 10.7. The van der Waals surface area contributed by atoms with Crippen molar-refractivity contribution >= 4 is 29.6 Å². The zero-order valence-electron chi connectivity index (χ0n) is 19.1. The number of non-ortho nitro benzene ring substituents is 1. The Morgan fingerprint density at radius 3 is 2.26 bits per heavy atom. The van der Waals surface area contributed by atoms with E-state index in [9.17, 15) is 14.9 Å². The van der Waals surface area contributed by atoms with Crippen LogP contribution in [0.4, 0.5) is 5.69 Å². The van der Waals surface area contributed by atoms with Gasteiger partial charge in [0, 0.05) is 23.4 Å². The number of hydrazone groups is 1. The first-order valence-electron chi connectivity index (χ1n) is 10.7. The minimum Gasteiger partial charge on any atom is -0.272 e. The smallest absolute Gasteiger partial charge is 0.269 e. The molecule has 1 heterocycles. The van der Waals surface area contributed by atoms with Gasteiger partial charge in [-0.15, -0.1) is 10.2 Å². The van der Waals surface area contributed by atoms with Gasteiger partial charge < -0.3 is 0 Å². The van der Waals surface area contributed by atoms with E-state index in [-0.39, 0.29) is 17.3 Å². The number of rotatable bonds is 8. The number of carbonyl (C=O) groups is 1. The van der Waals surface area contributed by atoms with Crippen LogP contribution in [0.2, 0.25) is 0 Å². The van der Waals surface area contributed by atoms with Crippen LogP contribution in [0.5, 0.6) is 0 Å². The van der Waals surface area contributed by atoms with Gasteiger partial charge >= 0.3 is 0 Å². The maximum Gasteiger partial charge on any atom is 0.269 e. The third-order valence-corrected chi connectivity index (χ3v) is 6.00. The number of carbonyl (C=O) groups excluding carboxylic acids is 1. The van der Waals surface area contributed by atoms with Gasteiger partial charge in [0.05, 0.1) is 16.9 Å². The molecule has 176 valence electrons. The van der Waals surface area contributed by atoms with Crippen LogP contribution >= 0.6 is 11.8 Å². The van der Waals surface area contributed by atoms with E-state index in [1.807, 2.05) is 66.9 Å². The Hall–Kier alpha value is -4.31. The predicted molar refractivity (Wildman–Crippen MR) is 136 cm³/mol. The largest absolute Gasteiger partial charge is 0.272 e. The van der Waals surface area contributed by atoms with Gasteiger partial charge in [0.15, 0.2) is 11.0 Å². The zero-order chi connectivity index (χ0) is 24.8. The number of amides is 1. The summed E-state index contributed by atoms with van der Waals surface area (Å²) in [5.74, 6) is 0.451.